The minimum atomic E-state index is -1.01. The van der Waals surface area contributed by atoms with E-state index in [0.717, 1.165) is 5.56 Å². The predicted molar refractivity (Wildman–Crippen MR) is 105 cm³/mol. The molecule has 2 aromatic rings. The average molecular weight is 405 g/mol. The van der Waals surface area contributed by atoms with Gasteiger partial charge in [-0.1, -0.05) is 17.4 Å². The van der Waals surface area contributed by atoms with Gasteiger partial charge in [0.1, 0.15) is 5.71 Å². The molecule has 0 saturated carbocycles. The van der Waals surface area contributed by atoms with Gasteiger partial charge in [0.15, 0.2) is 5.69 Å². The van der Waals surface area contributed by atoms with Crippen molar-refractivity contribution >= 4 is 45.9 Å². The lowest BCUT2D eigenvalue weighted by Crippen LogP contribution is -2.99. The maximum absolute atomic E-state index is 11.0. The molecule has 2 rings (SSSR count). The maximum Gasteiger partial charge on any atom is 0.332 e. The highest BCUT2D eigenvalue weighted by Crippen LogP contribution is 2.23. The number of hydrazine groups is 1. The zero-order chi connectivity index (χ0) is 20.7. The van der Waals surface area contributed by atoms with E-state index in [1.54, 1.807) is 31.2 Å². The quantitative estimate of drug-likeness (QED) is 0.288. The van der Waals surface area contributed by atoms with E-state index >= 15 is 0 Å². The van der Waals surface area contributed by atoms with Gasteiger partial charge in [-0.05, 0) is 30.7 Å². The Morgan fingerprint density at radius 3 is 2.61 bits per heavy atom. The number of hydrazone groups is 1. The number of nitrogens with zero attached hydrogens (tertiary/aromatic N) is 2. The maximum atomic E-state index is 11.0. The zero-order valence-corrected chi connectivity index (χ0v) is 15.8. The molecule has 148 valence electrons. The number of hydrogen-bond acceptors (Lipinski definition) is 8. The van der Waals surface area contributed by atoms with Gasteiger partial charge in [-0.3, -0.25) is 15.6 Å². The van der Waals surface area contributed by atoms with E-state index < -0.39 is 11.3 Å². The Hall–Kier alpha value is -3.32. The number of anilines is 1. The summed E-state index contributed by atoms with van der Waals surface area (Å²) in [6.07, 6.45) is 3.33. The van der Waals surface area contributed by atoms with E-state index in [0.29, 0.717) is 21.4 Å². The summed E-state index contributed by atoms with van der Waals surface area (Å²) in [6.45, 7) is 3.11. The highest BCUT2D eigenvalue weighted by Gasteiger charge is 2.13. The molecule has 12 heteroatoms. The highest BCUT2D eigenvalue weighted by atomic mass is 32.1. The lowest BCUT2D eigenvalue weighted by atomic mass is 10.1. The first-order chi connectivity index (χ1) is 13.3. The molecular formula is C16H19N7O4S. The summed E-state index contributed by atoms with van der Waals surface area (Å²) < 4.78 is 0. The first-order valence-corrected chi connectivity index (χ1v) is 8.73. The normalized spacial score (nSPS) is 12.6. The Morgan fingerprint density at radius 2 is 2.04 bits per heavy atom. The van der Waals surface area contributed by atoms with Crippen LogP contribution < -0.4 is 27.2 Å². The van der Waals surface area contributed by atoms with Crippen LogP contribution in [0.2, 0.25) is 0 Å². The smallest absolute Gasteiger partial charge is 0.332 e. The van der Waals surface area contributed by atoms with Crippen LogP contribution in [-0.4, -0.2) is 27.8 Å². The molecule has 0 radical (unpaired) electrons. The number of carbonyl (C=O) groups excluding carboxylic acids is 2. The molecule has 0 aliphatic heterocycles. The molecule has 0 bridgehead atoms. The third-order valence-electron chi connectivity index (χ3n) is 3.25. The van der Waals surface area contributed by atoms with Crippen LogP contribution in [0.15, 0.2) is 35.4 Å². The third kappa shape index (κ3) is 6.14. The molecule has 0 aliphatic rings. The number of primary amides is 1. The van der Waals surface area contributed by atoms with Gasteiger partial charge < -0.3 is 10.9 Å². The lowest BCUT2D eigenvalue weighted by molar-refractivity contribution is -0.991. The van der Waals surface area contributed by atoms with Crippen LogP contribution in [0.1, 0.15) is 23.1 Å². The van der Waals surface area contributed by atoms with Crippen LogP contribution in [0.3, 0.4) is 0 Å². The first kappa shape index (κ1) is 21.0. The van der Waals surface area contributed by atoms with Crippen molar-refractivity contribution in [3.63, 3.8) is 0 Å². The van der Waals surface area contributed by atoms with Crippen LogP contribution in [0.5, 0.6) is 0 Å². The van der Waals surface area contributed by atoms with Gasteiger partial charge in [0.05, 0.1) is 10.6 Å². The van der Waals surface area contributed by atoms with Crippen LogP contribution >= 0.6 is 11.3 Å². The van der Waals surface area contributed by atoms with E-state index in [9.17, 15) is 14.8 Å². The summed E-state index contributed by atoms with van der Waals surface area (Å²) in [5.41, 5.74) is 14.3. The van der Waals surface area contributed by atoms with Crippen molar-refractivity contribution < 1.29 is 20.0 Å². The summed E-state index contributed by atoms with van der Waals surface area (Å²) in [6, 6.07) is 5.42. The number of nitrogens with one attached hydrogen (secondary N) is 4. The Kier molecular flexibility index (Phi) is 7.17. The van der Waals surface area contributed by atoms with Gasteiger partial charge in [-0.25, -0.2) is 20.4 Å². The highest BCUT2D eigenvalue weighted by molar-refractivity contribution is 7.17. The Balaban J connectivity index is 2.28. The fourth-order valence-electron chi connectivity index (χ4n) is 2.02. The number of aryl methyl sites for hydroxylation is 1. The molecular weight excluding hydrogens is 386 g/mol. The second-order valence-corrected chi connectivity index (χ2v) is 6.47. The van der Waals surface area contributed by atoms with Crippen molar-refractivity contribution in [3.8, 4) is 0 Å². The largest absolute Gasteiger partial charge is 0.595 e. The van der Waals surface area contributed by atoms with Crippen molar-refractivity contribution in [1.82, 2.24) is 15.8 Å². The van der Waals surface area contributed by atoms with E-state index in [-0.39, 0.29) is 11.6 Å². The molecule has 0 fully saturated rings. The summed E-state index contributed by atoms with van der Waals surface area (Å²) >= 11 is 1.21. The lowest BCUT2D eigenvalue weighted by Gasteiger charge is -2.10. The first-order valence-electron chi connectivity index (χ1n) is 7.91. The molecule has 0 spiro atoms. The monoisotopic (exact) mass is 405 g/mol. The second-order valence-electron chi connectivity index (χ2n) is 5.47. The van der Waals surface area contributed by atoms with E-state index in [1.165, 1.54) is 30.4 Å². The molecule has 7 N–H and O–H groups in total. The number of aromatic nitrogens is 1. The second kappa shape index (κ2) is 9.57. The van der Waals surface area contributed by atoms with Gasteiger partial charge in [-0.15, -0.1) is 0 Å². The van der Waals surface area contributed by atoms with Crippen molar-refractivity contribution in [2.45, 2.75) is 13.8 Å². The van der Waals surface area contributed by atoms with Crippen LogP contribution in [0.4, 0.5) is 15.6 Å². The summed E-state index contributed by atoms with van der Waals surface area (Å²) in [5.74, 6) is -0.275. The molecule has 1 aromatic carbocycles. The molecule has 11 nitrogen and oxygen atoms in total. The summed E-state index contributed by atoms with van der Waals surface area (Å²) in [7, 11) is 0. The molecule has 0 aliphatic carbocycles. The summed E-state index contributed by atoms with van der Waals surface area (Å²) in [5, 5.41) is 23.3. The van der Waals surface area contributed by atoms with Gasteiger partial charge >= 0.3 is 6.03 Å². The minimum Gasteiger partial charge on any atom is -0.595 e. The average Bonchev–Trinajstić information content (AvgIpc) is 3.01. The molecule has 1 unspecified atom stereocenters. The number of urea groups is 1. The number of carbonyl (C=O) groups is 2. The van der Waals surface area contributed by atoms with E-state index in [1.807, 2.05) is 0 Å². The number of benzene rings is 1. The molecule has 28 heavy (non-hydrogen) atoms. The van der Waals surface area contributed by atoms with Gasteiger partial charge in [0.25, 0.3) is 0 Å². The van der Waals surface area contributed by atoms with Crippen molar-refractivity contribution in [3.05, 3.63) is 51.7 Å². The van der Waals surface area contributed by atoms with Crippen LogP contribution in [0.25, 0.3) is 6.08 Å². The van der Waals surface area contributed by atoms with Crippen LogP contribution in [-0.2, 0) is 4.79 Å². The molecule has 3 amide bonds. The zero-order valence-electron chi connectivity index (χ0n) is 15.0. The number of thiazole rings is 1. The fourth-order valence-corrected chi connectivity index (χ4v) is 2.91. The number of quaternary nitrogens is 1. The number of amides is 3. The molecule has 1 heterocycles. The fraction of sp³-hybridized carbons (Fsp3) is 0.125. The van der Waals surface area contributed by atoms with E-state index in [4.69, 9.17) is 10.9 Å². The topological polar surface area (TPSA) is 169 Å². The van der Waals surface area contributed by atoms with Gasteiger partial charge in [0, 0.05) is 19.1 Å². The molecule has 1 atom stereocenters. The van der Waals surface area contributed by atoms with Crippen molar-refractivity contribution in [1.29, 1.82) is 0 Å². The summed E-state index contributed by atoms with van der Waals surface area (Å²) in [4.78, 5) is 27.0. The van der Waals surface area contributed by atoms with E-state index in [2.05, 4.69) is 26.4 Å². The molecule has 0 saturated heterocycles. The SMILES string of the molecule is CC(=O)NNc1nc(C)c(C(/C=C/c2ccc([NH+]([O-])O)cc2)=N\NC(N)=O)s1. The molecule has 1 aromatic heterocycles. The number of allylic oxidation sites excluding steroid dienone is 1. The Morgan fingerprint density at radius 1 is 1.36 bits per heavy atom. The number of rotatable bonds is 7. The standard InChI is InChI=1S/C16H19N7O4S/c1-9-14(28-16(18-9)22-19-10(2)24)13(20-21-15(17)25)8-5-11-3-6-12(7-4-11)23(26)27/h3-8,23,26H,1-2H3,(H,18,22)(H,19,24)(H3,17,21,25)/b8-5+,20-13-. The minimum absolute atomic E-state index is 0.174. The van der Waals surface area contributed by atoms with Crippen LogP contribution in [0, 0.1) is 12.1 Å². The van der Waals surface area contributed by atoms with Crippen molar-refractivity contribution in [2.75, 3.05) is 5.43 Å². The van der Waals surface area contributed by atoms with Crippen molar-refractivity contribution in [2.24, 2.45) is 10.8 Å². The third-order valence-corrected chi connectivity index (χ3v) is 4.35. The van der Waals surface area contributed by atoms with Gasteiger partial charge in [0.2, 0.25) is 11.0 Å². The Bertz CT molecular complexity index is 906. The number of nitrogens with two attached hydrogens (primary N) is 1. The number of hydrogen-bond donors (Lipinski definition) is 6. The predicted octanol–water partition coefficient (Wildman–Crippen LogP) is 0.404. The Labute approximate surface area is 164 Å². The van der Waals surface area contributed by atoms with Gasteiger partial charge in [-0.2, -0.15) is 10.3 Å².